The first-order valence-electron chi connectivity index (χ1n) is 7.04. The average Bonchev–Trinajstić information content (AvgIpc) is 3.01. The van der Waals surface area contributed by atoms with Crippen LogP contribution in [0.5, 0.6) is 0 Å². The second kappa shape index (κ2) is 4.33. The van der Waals surface area contributed by atoms with E-state index in [0.29, 0.717) is 22.3 Å². The van der Waals surface area contributed by atoms with Crippen LogP contribution >= 0.6 is 0 Å². The second-order valence-corrected chi connectivity index (χ2v) is 6.07. The minimum Gasteiger partial charge on any atom is -0.302 e. The molecule has 0 saturated carbocycles. The summed E-state index contributed by atoms with van der Waals surface area (Å²) in [6.07, 6.45) is 0. The number of aromatic nitrogens is 3. The smallest absolute Gasteiger partial charge is 0.160 e. The lowest BCUT2D eigenvalue weighted by Gasteiger charge is -2.18. The lowest BCUT2D eigenvalue weighted by atomic mass is 10.00. The van der Waals surface area contributed by atoms with Gasteiger partial charge in [0.05, 0.1) is 22.4 Å². The third-order valence-electron chi connectivity index (χ3n) is 4.14. The minimum atomic E-state index is -0.894. The van der Waals surface area contributed by atoms with Crippen molar-refractivity contribution in [2.75, 3.05) is 0 Å². The quantitative estimate of drug-likeness (QED) is 0.725. The molecule has 0 unspecified atom stereocenters. The van der Waals surface area contributed by atoms with Gasteiger partial charge < -0.3 is 5.32 Å². The van der Waals surface area contributed by atoms with Crippen molar-refractivity contribution in [3.63, 3.8) is 0 Å². The zero-order valence-corrected chi connectivity index (χ0v) is 12.2. The molecule has 3 aromatic rings. The molecule has 0 amide bonds. The number of hydrogen-bond acceptors (Lipinski definition) is 3. The van der Waals surface area contributed by atoms with E-state index < -0.39 is 11.6 Å². The SMILES string of the molecule is CC1(C)NCc2ccc(-c3n[nH]c4cc(F)c(F)cc34)nc21. The predicted molar refractivity (Wildman–Crippen MR) is 79.1 cm³/mol. The molecule has 2 aromatic heterocycles. The van der Waals surface area contributed by atoms with Crippen LogP contribution < -0.4 is 5.32 Å². The van der Waals surface area contributed by atoms with Gasteiger partial charge in [-0.25, -0.2) is 13.8 Å². The molecule has 0 saturated heterocycles. The summed E-state index contributed by atoms with van der Waals surface area (Å²) in [7, 11) is 0. The molecule has 0 radical (unpaired) electrons. The Labute approximate surface area is 125 Å². The van der Waals surface area contributed by atoms with E-state index in [4.69, 9.17) is 0 Å². The largest absolute Gasteiger partial charge is 0.302 e. The summed E-state index contributed by atoms with van der Waals surface area (Å²) >= 11 is 0. The Morgan fingerprint density at radius 3 is 2.73 bits per heavy atom. The van der Waals surface area contributed by atoms with Crippen LogP contribution in [0.1, 0.15) is 25.1 Å². The lowest BCUT2D eigenvalue weighted by Crippen LogP contribution is -2.29. The topological polar surface area (TPSA) is 53.6 Å². The lowest BCUT2D eigenvalue weighted by molar-refractivity contribution is 0.433. The van der Waals surface area contributed by atoms with E-state index in [0.717, 1.165) is 29.9 Å². The van der Waals surface area contributed by atoms with Crippen molar-refractivity contribution in [1.82, 2.24) is 20.5 Å². The Morgan fingerprint density at radius 1 is 1.14 bits per heavy atom. The summed E-state index contributed by atoms with van der Waals surface area (Å²) in [6, 6.07) is 6.13. The van der Waals surface area contributed by atoms with Gasteiger partial charge in [0.15, 0.2) is 11.6 Å². The van der Waals surface area contributed by atoms with Gasteiger partial charge in [-0.3, -0.25) is 5.10 Å². The van der Waals surface area contributed by atoms with Gasteiger partial charge in [-0.2, -0.15) is 5.10 Å². The first-order chi connectivity index (χ1) is 10.5. The summed E-state index contributed by atoms with van der Waals surface area (Å²) in [5, 5.41) is 10.8. The molecule has 0 bridgehead atoms. The van der Waals surface area contributed by atoms with Gasteiger partial charge in [0.2, 0.25) is 0 Å². The maximum atomic E-state index is 13.5. The van der Waals surface area contributed by atoms with Crippen LogP contribution in [0, 0.1) is 11.6 Å². The molecule has 1 aromatic carbocycles. The highest BCUT2D eigenvalue weighted by Gasteiger charge is 2.31. The fraction of sp³-hybridized carbons (Fsp3) is 0.250. The zero-order chi connectivity index (χ0) is 15.5. The highest BCUT2D eigenvalue weighted by molar-refractivity contribution is 5.92. The van der Waals surface area contributed by atoms with E-state index in [-0.39, 0.29) is 5.54 Å². The third kappa shape index (κ3) is 1.84. The maximum absolute atomic E-state index is 13.5. The van der Waals surface area contributed by atoms with E-state index in [1.54, 1.807) is 0 Å². The van der Waals surface area contributed by atoms with Crippen LogP contribution in [0.15, 0.2) is 24.3 Å². The van der Waals surface area contributed by atoms with E-state index in [9.17, 15) is 8.78 Å². The predicted octanol–water partition coefficient (Wildman–Crippen LogP) is 3.24. The number of benzene rings is 1. The van der Waals surface area contributed by atoms with Gasteiger partial charge in [0, 0.05) is 18.0 Å². The van der Waals surface area contributed by atoms with Crippen LogP contribution in [0.2, 0.25) is 0 Å². The number of pyridine rings is 1. The average molecular weight is 300 g/mol. The Bertz CT molecular complexity index is 899. The molecule has 2 N–H and O–H groups in total. The van der Waals surface area contributed by atoms with Crippen molar-refractivity contribution in [3.05, 3.63) is 47.2 Å². The van der Waals surface area contributed by atoms with Crippen molar-refractivity contribution in [2.24, 2.45) is 0 Å². The van der Waals surface area contributed by atoms with Crippen LogP contribution in [-0.4, -0.2) is 15.2 Å². The number of H-pyrrole nitrogens is 1. The van der Waals surface area contributed by atoms with Crippen molar-refractivity contribution in [2.45, 2.75) is 25.9 Å². The molecular weight excluding hydrogens is 286 g/mol. The van der Waals surface area contributed by atoms with E-state index in [1.807, 2.05) is 12.1 Å². The molecule has 112 valence electrons. The van der Waals surface area contributed by atoms with Crippen molar-refractivity contribution in [3.8, 4) is 11.4 Å². The number of nitrogens with zero attached hydrogens (tertiary/aromatic N) is 2. The molecule has 1 aliphatic heterocycles. The molecule has 6 heteroatoms. The normalized spacial score (nSPS) is 16.2. The van der Waals surface area contributed by atoms with Crippen molar-refractivity contribution in [1.29, 1.82) is 0 Å². The number of aromatic amines is 1. The Balaban J connectivity index is 1.92. The summed E-state index contributed by atoms with van der Waals surface area (Å²) in [5.74, 6) is -1.78. The second-order valence-electron chi connectivity index (χ2n) is 6.07. The summed E-state index contributed by atoms with van der Waals surface area (Å²) in [4.78, 5) is 4.69. The standard InChI is InChI=1S/C16H14F2N4/c1-16(2)15-8(7-19-16)3-4-12(20-15)14-9-5-10(17)11(18)6-13(9)21-22-14/h3-6,19H,7H2,1-2H3,(H,21,22). The number of fused-ring (bicyclic) bond motifs is 2. The van der Waals surface area contributed by atoms with Gasteiger partial charge in [0.1, 0.15) is 5.69 Å². The van der Waals surface area contributed by atoms with Crippen LogP contribution in [0.25, 0.3) is 22.3 Å². The highest BCUT2D eigenvalue weighted by Crippen LogP contribution is 2.32. The van der Waals surface area contributed by atoms with Crippen LogP contribution in [0.3, 0.4) is 0 Å². The molecule has 0 atom stereocenters. The molecular formula is C16H14F2N4. The van der Waals surface area contributed by atoms with Crippen molar-refractivity contribution >= 4 is 10.9 Å². The molecule has 3 heterocycles. The molecule has 0 fully saturated rings. The third-order valence-corrected chi connectivity index (χ3v) is 4.14. The Kier molecular flexibility index (Phi) is 2.62. The Hall–Kier alpha value is -2.34. The molecule has 1 aliphatic rings. The van der Waals surface area contributed by atoms with Crippen molar-refractivity contribution < 1.29 is 8.78 Å². The first-order valence-corrected chi connectivity index (χ1v) is 7.04. The summed E-state index contributed by atoms with van der Waals surface area (Å²) in [6.45, 7) is 4.90. The number of halogens is 2. The molecule has 0 aliphatic carbocycles. The molecule has 0 spiro atoms. The number of hydrogen-bond donors (Lipinski definition) is 2. The van der Waals surface area contributed by atoms with Crippen LogP contribution in [0.4, 0.5) is 8.78 Å². The van der Waals surface area contributed by atoms with Gasteiger partial charge in [-0.1, -0.05) is 6.07 Å². The fourth-order valence-corrected chi connectivity index (χ4v) is 2.91. The monoisotopic (exact) mass is 300 g/mol. The number of nitrogens with one attached hydrogen (secondary N) is 2. The first kappa shape index (κ1) is 13.3. The molecule has 4 rings (SSSR count). The van der Waals surface area contributed by atoms with Gasteiger partial charge in [0.25, 0.3) is 0 Å². The van der Waals surface area contributed by atoms with Gasteiger partial charge in [-0.15, -0.1) is 0 Å². The highest BCUT2D eigenvalue weighted by atomic mass is 19.2. The van der Waals surface area contributed by atoms with Crippen LogP contribution in [-0.2, 0) is 12.1 Å². The van der Waals surface area contributed by atoms with Gasteiger partial charge in [-0.05, 0) is 31.5 Å². The number of rotatable bonds is 1. The fourth-order valence-electron chi connectivity index (χ4n) is 2.91. The molecule has 22 heavy (non-hydrogen) atoms. The Morgan fingerprint density at radius 2 is 1.91 bits per heavy atom. The molecule has 4 nitrogen and oxygen atoms in total. The van der Waals surface area contributed by atoms with E-state index in [2.05, 4.69) is 34.3 Å². The maximum Gasteiger partial charge on any atom is 0.160 e. The summed E-state index contributed by atoms with van der Waals surface area (Å²) < 4.78 is 26.8. The van der Waals surface area contributed by atoms with E-state index >= 15 is 0 Å². The minimum absolute atomic E-state index is 0.213. The zero-order valence-electron chi connectivity index (χ0n) is 12.2. The van der Waals surface area contributed by atoms with Gasteiger partial charge >= 0.3 is 0 Å². The summed E-state index contributed by atoms with van der Waals surface area (Å²) in [5.41, 5.74) is 3.52. The van der Waals surface area contributed by atoms with E-state index in [1.165, 1.54) is 0 Å².